The van der Waals surface area contributed by atoms with Gasteiger partial charge in [0.25, 0.3) is 5.88 Å². The maximum Gasteiger partial charge on any atom is 0.414 e. The van der Waals surface area contributed by atoms with Crippen LogP contribution in [0.3, 0.4) is 0 Å². The minimum atomic E-state index is -0.547. The molecule has 0 spiro atoms. The summed E-state index contributed by atoms with van der Waals surface area (Å²) in [6.45, 7) is 0. The Morgan fingerprint density at radius 1 is 1.22 bits per heavy atom. The largest absolute Gasteiger partial charge is 0.435 e. The van der Waals surface area contributed by atoms with E-state index < -0.39 is 6.09 Å². The summed E-state index contributed by atoms with van der Waals surface area (Å²) in [7, 11) is 3.17. The zero-order chi connectivity index (χ0) is 16.4. The highest BCUT2D eigenvalue weighted by Crippen LogP contribution is 2.45. The lowest BCUT2D eigenvalue weighted by Crippen LogP contribution is -2.25. The molecule has 1 amide bonds. The van der Waals surface area contributed by atoms with E-state index in [-0.39, 0.29) is 16.8 Å². The second kappa shape index (κ2) is 6.42. The minimum Gasteiger partial charge on any atom is -0.435 e. The lowest BCUT2D eigenvalue weighted by Gasteiger charge is -2.14. The molecule has 3 rings (SSSR count). The maximum atomic E-state index is 11.8. The summed E-state index contributed by atoms with van der Waals surface area (Å²) in [5.74, 6) is 1.44. The molecule has 0 atom stereocenters. The summed E-state index contributed by atoms with van der Waals surface area (Å²) in [6, 6.07) is 9.16. The third-order valence-electron chi connectivity index (χ3n) is 3.40. The Morgan fingerprint density at radius 2 is 1.96 bits per heavy atom. The normalized spacial score (nSPS) is 13.5. The quantitative estimate of drug-likeness (QED) is 0.850. The van der Waals surface area contributed by atoms with Gasteiger partial charge in [0.15, 0.2) is 10.9 Å². The van der Waals surface area contributed by atoms with Gasteiger partial charge in [-0.3, -0.25) is 0 Å². The van der Waals surface area contributed by atoms with Crippen LogP contribution in [0.2, 0.25) is 5.15 Å². The number of halogens is 1. The number of hydrogen-bond donors (Lipinski definition) is 0. The zero-order valence-corrected chi connectivity index (χ0v) is 13.6. The van der Waals surface area contributed by atoms with Gasteiger partial charge in [0.05, 0.1) is 0 Å². The summed E-state index contributed by atoms with van der Waals surface area (Å²) < 4.78 is 11.1. The molecule has 1 aromatic carbocycles. The summed E-state index contributed by atoms with van der Waals surface area (Å²) >= 11 is 5.84. The first kappa shape index (κ1) is 15.6. The van der Waals surface area contributed by atoms with Crippen molar-refractivity contribution in [3.05, 3.63) is 41.0 Å². The van der Waals surface area contributed by atoms with Crippen molar-refractivity contribution in [1.82, 2.24) is 15.1 Å². The molecule has 0 radical (unpaired) electrons. The van der Waals surface area contributed by atoms with Gasteiger partial charge in [-0.25, -0.2) is 4.79 Å². The minimum absolute atomic E-state index is 0.109. The van der Waals surface area contributed by atoms with Gasteiger partial charge in [0.2, 0.25) is 0 Å². The lowest BCUT2D eigenvalue weighted by atomic mass is 10.1. The van der Waals surface area contributed by atoms with Gasteiger partial charge in [-0.2, -0.15) is 0 Å². The molecule has 1 heterocycles. The average molecular weight is 334 g/mol. The number of para-hydroxylation sites is 1. The van der Waals surface area contributed by atoms with Crippen LogP contribution in [0.4, 0.5) is 4.79 Å². The van der Waals surface area contributed by atoms with Crippen LogP contribution in [-0.2, 0) is 0 Å². The highest BCUT2D eigenvalue weighted by molar-refractivity contribution is 6.29. The van der Waals surface area contributed by atoms with E-state index in [0.29, 0.717) is 11.7 Å². The second-order valence-electron chi connectivity index (χ2n) is 5.51. The standard InChI is InChI=1S/C16H16ClN3O3/c1-20(2)16(21)23-13-9-14(17)18-19-15(13)22-12-6-4-3-5-11(12)10-7-8-10/h3-6,9-10H,7-8H2,1-2H3. The first-order valence-corrected chi connectivity index (χ1v) is 7.61. The van der Waals surface area contributed by atoms with E-state index in [4.69, 9.17) is 21.1 Å². The van der Waals surface area contributed by atoms with Crippen LogP contribution in [0.1, 0.15) is 24.3 Å². The summed E-state index contributed by atoms with van der Waals surface area (Å²) in [5.41, 5.74) is 1.12. The Labute approximate surface area is 139 Å². The number of ether oxygens (including phenoxy) is 2. The van der Waals surface area contributed by atoms with Crippen LogP contribution in [0.15, 0.2) is 30.3 Å². The van der Waals surface area contributed by atoms with E-state index >= 15 is 0 Å². The van der Waals surface area contributed by atoms with Crippen molar-refractivity contribution in [2.24, 2.45) is 0 Å². The molecular weight excluding hydrogens is 318 g/mol. The number of rotatable bonds is 4. The van der Waals surface area contributed by atoms with Gasteiger partial charge in [-0.1, -0.05) is 29.8 Å². The Kier molecular flexibility index (Phi) is 4.34. The smallest absolute Gasteiger partial charge is 0.414 e. The predicted octanol–water partition coefficient (Wildman–Crippen LogP) is 3.86. The Morgan fingerprint density at radius 3 is 2.65 bits per heavy atom. The first-order chi connectivity index (χ1) is 11.0. The van der Waals surface area contributed by atoms with E-state index in [1.54, 1.807) is 14.1 Å². The molecule has 1 saturated carbocycles. The second-order valence-corrected chi connectivity index (χ2v) is 5.90. The third-order valence-corrected chi connectivity index (χ3v) is 3.59. The van der Waals surface area contributed by atoms with Crippen molar-refractivity contribution in [2.75, 3.05) is 14.1 Å². The molecule has 7 heteroatoms. The predicted molar refractivity (Wildman–Crippen MR) is 85.2 cm³/mol. The third kappa shape index (κ3) is 3.71. The molecule has 1 aliphatic rings. The molecule has 0 N–H and O–H groups in total. The molecule has 23 heavy (non-hydrogen) atoms. The molecule has 0 bridgehead atoms. The molecule has 6 nitrogen and oxygen atoms in total. The van der Waals surface area contributed by atoms with Crippen molar-refractivity contribution >= 4 is 17.7 Å². The van der Waals surface area contributed by atoms with E-state index in [1.807, 2.05) is 24.3 Å². The van der Waals surface area contributed by atoms with Gasteiger partial charge in [0.1, 0.15) is 5.75 Å². The molecule has 1 aliphatic carbocycles. The number of carbonyl (C=O) groups is 1. The Balaban J connectivity index is 1.89. The van der Waals surface area contributed by atoms with Gasteiger partial charge in [-0.15, -0.1) is 10.2 Å². The lowest BCUT2D eigenvalue weighted by molar-refractivity contribution is 0.170. The summed E-state index contributed by atoms with van der Waals surface area (Å²) in [5, 5.41) is 7.79. The Bertz CT molecular complexity index is 732. The Hall–Kier alpha value is -2.34. The highest BCUT2D eigenvalue weighted by Gasteiger charge is 2.27. The van der Waals surface area contributed by atoms with Crippen LogP contribution in [-0.4, -0.2) is 35.3 Å². The zero-order valence-electron chi connectivity index (χ0n) is 12.8. The fourth-order valence-electron chi connectivity index (χ4n) is 2.08. The van der Waals surface area contributed by atoms with Gasteiger partial charge in [0, 0.05) is 20.2 Å². The van der Waals surface area contributed by atoms with Crippen LogP contribution >= 0.6 is 11.6 Å². The van der Waals surface area contributed by atoms with E-state index in [9.17, 15) is 4.79 Å². The molecule has 2 aromatic rings. The molecular formula is C16H16ClN3O3. The van der Waals surface area contributed by atoms with Crippen molar-refractivity contribution < 1.29 is 14.3 Å². The van der Waals surface area contributed by atoms with Crippen LogP contribution in [0.5, 0.6) is 17.4 Å². The van der Waals surface area contributed by atoms with Crippen molar-refractivity contribution in [3.63, 3.8) is 0 Å². The van der Waals surface area contributed by atoms with Gasteiger partial charge >= 0.3 is 6.09 Å². The topological polar surface area (TPSA) is 64.6 Å². The van der Waals surface area contributed by atoms with Crippen molar-refractivity contribution in [1.29, 1.82) is 0 Å². The van der Waals surface area contributed by atoms with Gasteiger partial charge in [-0.05, 0) is 30.4 Å². The first-order valence-electron chi connectivity index (χ1n) is 7.23. The molecule has 0 unspecified atom stereocenters. The van der Waals surface area contributed by atoms with E-state index in [2.05, 4.69) is 10.2 Å². The number of aromatic nitrogens is 2. The number of benzene rings is 1. The van der Waals surface area contributed by atoms with Crippen molar-refractivity contribution in [2.45, 2.75) is 18.8 Å². The summed E-state index contributed by atoms with van der Waals surface area (Å²) in [4.78, 5) is 13.1. The van der Waals surface area contributed by atoms with Crippen LogP contribution in [0, 0.1) is 0 Å². The van der Waals surface area contributed by atoms with E-state index in [0.717, 1.165) is 18.4 Å². The highest BCUT2D eigenvalue weighted by atomic mass is 35.5. The molecule has 1 fully saturated rings. The molecule has 0 saturated heterocycles. The number of carbonyl (C=O) groups excluding carboxylic acids is 1. The monoisotopic (exact) mass is 333 g/mol. The molecule has 0 aliphatic heterocycles. The SMILES string of the molecule is CN(C)C(=O)Oc1cc(Cl)nnc1Oc1ccccc1C1CC1. The number of nitrogens with zero attached hydrogens (tertiary/aromatic N) is 3. The average Bonchev–Trinajstić information content (AvgIpc) is 3.35. The summed E-state index contributed by atoms with van der Waals surface area (Å²) in [6.07, 6.45) is 1.75. The van der Waals surface area contributed by atoms with Crippen molar-refractivity contribution in [3.8, 4) is 17.4 Å². The fraction of sp³-hybridized carbons (Fsp3) is 0.312. The van der Waals surface area contributed by atoms with E-state index in [1.165, 1.54) is 11.0 Å². The van der Waals surface area contributed by atoms with Gasteiger partial charge < -0.3 is 14.4 Å². The van der Waals surface area contributed by atoms with Crippen LogP contribution < -0.4 is 9.47 Å². The fourth-order valence-corrected chi connectivity index (χ4v) is 2.22. The molecule has 1 aromatic heterocycles. The van der Waals surface area contributed by atoms with Crippen LogP contribution in [0.25, 0.3) is 0 Å². The number of hydrogen-bond acceptors (Lipinski definition) is 5. The number of amides is 1. The maximum absolute atomic E-state index is 11.8. The molecule has 120 valence electrons.